The molecule has 0 aliphatic carbocycles. The van der Waals surface area contributed by atoms with Gasteiger partial charge in [0.25, 0.3) is 0 Å². The van der Waals surface area contributed by atoms with E-state index in [0.29, 0.717) is 0 Å². The first-order valence-corrected chi connectivity index (χ1v) is 5.88. The number of hydrogen-bond acceptors (Lipinski definition) is 8. The summed E-state index contributed by atoms with van der Waals surface area (Å²) in [6, 6.07) is 1.81. The largest absolute Gasteiger partial charge is 0.456 e. The molecule has 0 radical (unpaired) electrons. The van der Waals surface area contributed by atoms with Crippen LogP contribution in [0.2, 0.25) is 0 Å². The molecule has 110 valence electrons. The van der Waals surface area contributed by atoms with Gasteiger partial charge in [0.2, 0.25) is 0 Å². The smallest absolute Gasteiger partial charge is 0.303 e. The van der Waals surface area contributed by atoms with Gasteiger partial charge in [-0.1, -0.05) is 0 Å². The van der Waals surface area contributed by atoms with E-state index in [4.69, 9.17) is 24.2 Å². The fraction of sp³-hybridized carbons (Fsp3) is 0.667. The summed E-state index contributed by atoms with van der Waals surface area (Å²) in [6.45, 7) is 3.36. The van der Waals surface area contributed by atoms with Crippen molar-refractivity contribution >= 4 is 17.9 Å². The Morgan fingerprint density at radius 3 is 1.95 bits per heavy atom. The average molecular weight is 285 g/mol. The van der Waals surface area contributed by atoms with Crippen molar-refractivity contribution in [1.29, 1.82) is 5.26 Å². The standard InChI is InChI=1S/C12H15NO7/c1-6(14)18-10-5-17-9(4-13)11(19-7(2)15)12(10)20-8(3)16/h9-12H,5H2,1-3H3. The van der Waals surface area contributed by atoms with Gasteiger partial charge < -0.3 is 18.9 Å². The number of nitrogens with zero attached hydrogens (tertiary/aromatic N) is 1. The molecular formula is C12H15NO7. The highest BCUT2D eigenvalue weighted by atomic mass is 16.6. The van der Waals surface area contributed by atoms with Crippen LogP contribution in [-0.4, -0.2) is 48.9 Å². The minimum atomic E-state index is -1.15. The van der Waals surface area contributed by atoms with Crippen LogP contribution in [0.3, 0.4) is 0 Å². The lowest BCUT2D eigenvalue weighted by atomic mass is 10.00. The monoisotopic (exact) mass is 285 g/mol. The minimum absolute atomic E-state index is 0.131. The third-order valence-corrected chi connectivity index (χ3v) is 2.48. The lowest BCUT2D eigenvalue weighted by Gasteiger charge is -2.37. The van der Waals surface area contributed by atoms with Crippen LogP contribution < -0.4 is 0 Å². The third kappa shape index (κ3) is 4.20. The maximum absolute atomic E-state index is 11.1. The number of esters is 3. The van der Waals surface area contributed by atoms with Crippen LogP contribution in [0, 0.1) is 11.3 Å². The lowest BCUT2D eigenvalue weighted by molar-refractivity contribution is -0.217. The van der Waals surface area contributed by atoms with Gasteiger partial charge in [0.1, 0.15) is 0 Å². The molecule has 1 rings (SSSR count). The number of carbonyl (C=O) groups excluding carboxylic acids is 3. The highest BCUT2D eigenvalue weighted by Crippen LogP contribution is 2.24. The summed E-state index contributed by atoms with van der Waals surface area (Å²) in [7, 11) is 0. The van der Waals surface area contributed by atoms with Gasteiger partial charge >= 0.3 is 17.9 Å². The van der Waals surface area contributed by atoms with E-state index < -0.39 is 42.3 Å². The summed E-state index contributed by atoms with van der Waals surface area (Å²) in [4.78, 5) is 33.3. The highest BCUT2D eigenvalue weighted by molar-refractivity contribution is 5.68. The molecule has 4 atom stereocenters. The van der Waals surface area contributed by atoms with Crippen molar-refractivity contribution in [3.05, 3.63) is 0 Å². The maximum atomic E-state index is 11.1. The predicted octanol–water partition coefficient (Wildman–Crippen LogP) is -0.296. The van der Waals surface area contributed by atoms with Crippen LogP contribution in [0.25, 0.3) is 0 Å². The predicted molar refractivity (Wildman–Crippen MR) is 62.0 cm³/mol. The molecule has 1 aliphatic heterocycles. The van der Waals surface area contributed by atoms with E-state index in [1.165, 1.54) is 6.92 Å². The molecule has 0 bridgehead atoms. The summed E-state index contributed by atoms with van der Waals surface area (Å²) < 4.78 is 20.1. The van der Waals surface area contributed by atoms with Crippen molar-refractivity contribution < 1.29 is 33.3 Å². The normalized spacial score (nSPS) is 28.9. The summed E-state index contributed by atoms with van der Waals surface area (Å²) >= 11 is 0. The SMILES string of the molecule is CC(=O)OC1COC(C#N)C(OC(C)=O)C1OC(C)=O. The van der Waals surface area contributed by atoms with E-state index in [1.807, 2.05) is 0 Å². The Kier molecular flexibility index (Phi) is 5.46. The van der Waals surface area contributed by atoms with Gasteiger partial charge in [-0.2, -0.15) is 5.26 Å². The summed E-state index contributed by atoms with van der Waals surface area (Å²) in [6.07, 6.45) is -4.28. The highest BCUT2D eigenvalue weighted by Gasteiger charge is 2.46. The topological polar surface area (TPSA) is 112 Å². The Hall–Kier alpha value is -2.14. The fourth-order valence-electron chi connectivity index (χ4n) is 1.85. The van der Waals surface area contributed by atoms with Gasteiger partial charge in [-0.05, 0) is 0 Å². The molecule has 0 spiro atoms. The van der Waals surface area contributed by atoms with Crippen LogP contribution in [0.5, 0.6) is 0 Å². The molecule has 0 saturated carbocycles. The first-order valence-electron chi connectivity index (χ1n) is 5.88. The average Bonchev–Trinajstić information content (AvgIpc) is 2.31. The molecule has 1 aliphatic rings. The zero-order valence-electron chi connectivity index (χ0n) is 11.3. The van der Waals surface area contributed by atoms with E-state index in [1.54, 1.807) is 6.07 Å². The number of rotatable bonds is 3. The Balaban J connectivity index is 2.99. The van der Waals surface area contributed by atoms with Crippen molar-refractivity contribution in [3.63, 3.8) is 0 Å². The van der Waals surface area contributed by atoms with Crippen molar-refractivity contribution in [2.45, 2.75) is 45.2 Å². The molecule has 0 aromatic carbocycles. The maximum Gasteiger partial charge on any atom is 0.303 e. The van der Waals surface area contributed by atoms with Gasteiger partial charge in [-0.3, -0.25) is 14.4 Å². The van der Waals surface area contributed by atoms with Crippen LogP contribution in [-0.2, 0) is 33.3 Å². The van der Waals surface area contributed by atoms with Crippen LogP contribution in [0.1, 0.15) is 20.8 Å². The van der Waals surface area contributed by atoms with Crippen molar-refractivity contribution in [2.75, 3.05) is 6.61 Å². The molecule has 0 aromatic heterocycles. The second-order valence-electron chi connectivity index (χ2n) is 4.18. The first kappa shape index (κ1) is 15.9. The molecule has 4 unspecified atom stereocenters. The molecule has 8 heteroatoms. The second kappa shape index (κ2) is 6.86. The van der Waals surface area contributed by atoms with E-state index in [2.05, 4.69) is 0 Å². The number of carbonyl (C=O) groups is 3. The fourth-order valence-corrected chi connectivity index (χ4v) is 1.85. The van der Waals surface area contributed by atoms with Crippen molar-refractivity contribution in [1.82, 2.24) is 0 Å². The molecule has 0 aromatic rings. The van der Waals surface area contributed by atoms with E-state index in [0.717, 1.165) is 13.8 Å². The van der Waals surface area contributed by atoms with Crippen LogP contribution in [0.15, 0.2) is 0 Å². The second-order valence-corrected chi connectivity index (χ2v) is 4.18. The molecule has 1 saturated heterocycles. The Morgan fingerprint density at radius 1 is 1.00 bits per heavy atom. The Bertz CT molecular complexity index is 442. The number of hydrogen-bond donors (Lipinski definition) is 0. The summed E-state index contributed by atoms with van der Waals surface area (Å²) in [5.74, 6) is -1.92. The Morgan fingerprint density at radius 2 is 1.50 bits per heavy atom. The zero-order valence-corrected chi connectivity index (χ0v) is 11.3. The zero-order chi connectivity index (χ0) is 15.3. The van der Waals surface area contributed by atoms with E-state index in [9.17, 15) is 14.4 Å². The third-order valence-electron chi connectivity index (χ3n) is 2.48. The Labute approximate surface area is 115 Å². The molecule has 8 nitrogen and oxygen atoms in total. The van der Waals surface area contributed by atoms with Gasteiger partial charge in [-0.15, -0.1) is 0 Å². The molecule has 0 amide bonds. The summed E-state index contributed by atoms with van der Waals surface area (Å²) in [5.41, 5.74) is 0. The number of nitriles is 1. The quantitative estimate of drug-likeness (QED) is 0.513. The van der Waals surface area contributed by atoms with Crippen LogP contribution >= 0.6 is 0 Å². The van der Waals surface area contributed by atoms with Gasteiger partial charge in [0.05, 0.1) is 12.7 Å². The van der Waals surface area contributed by atoms with E-state index >= 15 is 0 Å². The van der Waals surface area contributed by atoms with Gasteiger partial charge in [-0.25, -0.2) is 0 Å². The molecule has 1 heterocycles. The molecule has 0 N–H and O–H groups in total. The number of ether oxygens (including phenoxy) is 4. The molecular weight excluding hydrogens is 270 g/mol. The van der Waals surface area contributed by atoms with Gasteiger partial charge in [0, 0.05) is 20.8 Å². The van der Waals surface area contributed by atoms with Crippen LogP contribution in [0.4, 0.5) is 0 Å². The summed E-state index contributed by atoms with van der Waals surface area (Å²) in [5, 5.41) is 8.98. The minimum Gasteiger partial charge on any atom is -0.456 e. The van der Waals surface area contributed by atoms with Crippen molar-refractivity contribution in [3.8, 4) is 6.07 Å². The molecule has 1 fully saturated rings. The molecule has 20 heavy (non-hydrogen) atoms. The van der Waals surface area contributed by atoms with Crippen molar-refractivity contribution in [2.24, 2.45) is 0 Å². The first-order chi connectivity index (χ1) is 9.35. The lowest BCUT2D eigenvalue weighted by Crippen LogP contribution is -2.57. The van der Waals surface area contributed by atoms with E-state index in [-0.39, 0.29) is 6.61 Å². The van der Waals surface area contributed by atoms with Gasteiger partial charge in [0.15, 0.2) is 24.4 Å².